The van der Waals surface area contributed by atoms with Gasteiger partial charge in [-0.3, -0.25) is 4.90 Å². The van der Waals surface area contributed by atoms with Gasteiger partial charge < -0.3 is 0 Å². The van der Waals surface area contributed by atoms with Crippen LogP contribution in [0.4, 0.5) is 0 Å². The van der Waals surface area contributed by atoms with Crippen molar-refractivity contribution in [3.8, 4) is 0 Å². The van der Waals surface area contributed by atoms with Crippen LogP contribution in [0.25, 0.3) is 0 Å². The number of hydrogen-bond acceptors (Lipinski definition) is 3. The van der Waals surface area contributed by atoms with Crippen LogP contribution in [-0.2, 0) is 19.5 Å². The van der Waals surface area contributed by atoms with Gasteiger partial charge in [-0.05, 0) is 29.7 Å². The fourth-order valence-electron chi connectivity index (χ4n) is 2.29. The molecule has 1 aromatic heterocycles. The van der Waals surface area contributed by atoms with Crippen LogP contribution < -0.4 is 0 Å². The number of rotatable bonds is 2. The summed E-state index contributed by atoms with van der Waals surface area (Å²) in [6.45, 7) is 2.91. The monoisotopic (exact) mass is 259 g/mol. The molecule has 2 aromatic rings. The topological polar surface area (TPSA) is 29.0 Å². The van der Waals surface area contributed by atoms with Crippen LogP contribution in [0.1, 0.15) is 16.8 Å². The van der Waals surface area contributed by atoms with Crippen molar-refractivity contribution in [3.63, 3.8) is 0 Å². The van der Waals surface area contributed by atoms with Crippen LogP contribution in [0.3, 0.4) is 0 Å². The highest BCUT2D eigenvalue weighted by Crippen LogP contribution is 2.18. The second-order valence-corrected chi connectivity index (χ2v) is 5.02. The van der Waals surface area contributed by atoms with Crippen LogP contribution in [0, 0.1) is 0 Å². The summed E-state index contributed by atoms with van der Waals surface area (Å²) in [5, 5.41) is 0.787. The second-order valence-electron chi connectivity index (χ2n) is 4.58. The number of aromatic nitrogens is 2. The third kappa shape index (κ3) is 2.52. The van der Waals surface area contributed by atoms with E-state index in [4.69, 9.17) is 11.6 Å². The van der Waals surface area contributed by atoms with E-state index in [9.17, 15) is 0 Å². The van der Waals surface area contributed by atoms with Crippen molar-refractivity contribution in [1.29, 1.82) is 0 Å². The van der Waals surface area contributed by atoms with Gasteiger partial charge in [-0.2, -0.15) is 0 Å². The van der Waals surface area contributed by atoms with Crippen molar-refractivity contribution in [2.75, 3.05) is 6.54 Å². The van der Waals surface area contributed by atoms with Gasteiger partial charge in [0.05, 0.1) is 5.69 Å². The molecule has 0 amide bonds. The predicted molar refractivity (Wildman–Crippen MR) is 71.3 cm³/mol. The predicted octanol–water partition coefficient (Wildman–Crippen LogP) is 2.69. The maximum atomic E-state index is 5.89. The third-order valence-electron chi connectivity index (χ3n) is 3.27. The normalized spacial score (nSPS) is 15.4. The van der Waals surface area contributed by atoms with Gasteiger partial charge in [0.15, 0.2) is 0 Å². The Morgan fingerprint density at radius 2 is 2.06 bits per heavy atom. The lowest BCUT2D eigenvalue weighted by molar-refractivity contribution is 0.241. The largest absolute Gasteiger partial charge is 0.293 e. The quantitative estimate of drug-likeness (QED) is 0.830. The van der Waals surface area contributed by atoms with Gasteiger partial charge in [-0.1, -0.05) is 23.7 Å². The van der Waals surface area contributed by atoms with Crippen molar-refractivity contribution in [2.45, 2.75) is 19.5 Å². The molecule has 4 heteroatoms. The Balaban J connectivity index is 1.71. The fraction of sp³-hybridized carbons (Fsp3) is 0.286. The molecule has 18 heavy (non-hydrogen) atoms. The molecule has 0 unspecified atom stereocenters. The molecule has 0 saturated carbocycles. The van der Waals surface area contributed by atoms with Crippen molar-refractivity contribution in [1.82, 2.24) is 14.9 Å². The summed E-state index contributed by atoms with van der Waals surface area (Å²) >= 11 is 5.89. The smallest absolute Gasteiger partial charge is 0.115 e. The molecule has 0 fully saturated rings. The van der Waals surface area contributed by atoms with Gasteiger partial charge in [0.25, 0.3) is 0 Å². The standard InChI is InChI=1S/C14H14ClN3/c15-13-3-1-11(2-4-13)8-18-6-5-12-7-16-10-17-14(12)9-18/h1-4,7,10H,5-6,8-9H2. The van der Waals surface area contributed by atoms with Gasteiger partial charge >= 0.3 is 0 Å². The first kappa shape index (κ1) is 11.6. The average Bonchev–Trinajstić information content (AvgIpc) is 2.41. The summed E-state index contributed by atoms with van der Waals surface area (Å²) in [5.41, 5.74) is 3.73. The lowest BCUT2D eigenvalue weighted by Gasteiger charge is -2.27. The zero-order valence-electron chi connectivity index (χ0n) is 10.0. The minimum Gasteiger partial charge on any atom is -0.293 e. The molecule has 0 spiro atoms. The first-order valence-corrected chi connectivity index (χ1v) is 6.43. The number of nitrogens with zero attached hydrogens (tertiary/aromatic N) is 3. The van der Waals surface area contributed by atoms with Crippen LogP contribution >= 0.6 is 11.6 Å². The molecular weight excluding hydrogens is 246 g/mol. The highest BCUT2D eigenvalue weighted by molar-refractivity contribution is 6.30. The summed E-state index contributed by atoms with van der Waals surface area (Å²) in [6.07, 6.45) is 4.59. The van der Waals surface area contributed by atoms with E-state index < -0.39 is 0 Å². The van der Waals surface area contributed by atoms with Crippen LogP contribution in [0.5, 0.6) is 0 Å². The molecule has 1 aromatic carbocycles. The van der Waals surface area contributed by atoms with E-state index in [2.05, 4.69) is 27.0 Å². The molecule has 0 aliphatic carbocycles. The highest BCUT2D eigenvalue weighted by Gasteiger charge is 2.17. The molecular formula is C14H14ClN3. The summed E-state index contributed by atoms with van der Waals surface area (Å²) in [7, 11) is 0. The third-order valence-corrected chi connectivity index (χ3v) is 3.52. The number of fused-ring (bicyclic) bond motifs is 1. The van der Waals surface area contributed by atoms with E-state index in [-0.39, 0.29) is 0 Å². The first-order chi connectivity index (χ1) is 8.81. The second kappa shape index (κ2) is 5.04. The number of halogens is 1. The van der Waals surface area contributed by atoms with Crippen molar-refractivity contribution < 1.29 is 0 Å². The molecule has 3 rings (SSSR count). The Morgan fingerprint density at radius 3 is 2.89 bits per heavy atom. The Hall–Kier alpha value is -1.45. The fourth-order valence-corrected chi connectivity index (χ4v) is 2.41. The lowest BCUT2D eigenvalue weighted by atomic mass is 10.1. The number of hydrogen-bond donors (Lipinski definition) is 0. The van der Waals surface area contributed by atoms with Gasteiger partial charge in [-0.25, -0.2) is 9.97 Å². The SMILES string of the molecule is Clc1ccc(CN2CCc3cncnc3C2)cc1. The van der Waals surface area contributed by atoms with Gasteiger partial charge in [0.1, 0.15) is 6.33 Å². The van der Waals surface area contributed by atoms with Crippen LogP contribution in [0.2, 0.25) is 5.02 Å². The lowest BCUT2D eigenvalue weighted by Crippen LogP contribution is -2.30. The molecule has 0 saturated heterocycles. The molecule has 0 atom stereocenters. The van der Waals surface area contributed by atoms with E-state index in [1.807, 2.05) is 18.3 Å². The van der Waals surface area contributed by atoms with Crippen molar-refractivity contribution in [2.24, 2.45) is 0 Å². The molecule has 1 aliphatic heterocycles. The van der Waals surface area contributed by atoms with Gasteiger partial charge in [0, 0.05) is 30.9 Å². The van der Waals surface area contributed by atoms with E-state index in [1.54, 1.807) is 6.33 Å². The Morgan fingerprint density at radius 1 is 1.22 bits per heavy atom. The Kier molecular flexibility index (Phi) is 3.26. The molecule has 3 nitrogen and oxygen atoms in total. The van der Waals surface area contributed by atoms with E-state index in [1.165, 1.54) is 11.1 Å². The van der Waals surface area contributed by atoms with E-state index in [0.717, 1.165) is 36.8 Å². The molecule has 0 bridgehead atoms. The van der Waals surface area contributed by atoms with Crippen LogP contribution in [0.15, 0.2) is 36.8 Å². The number of benzene rings is 1. The highest BCUT2D eigenvalue weighted by atomic mass is 35.5. The zero-order valence-corrected chi connectivity index (χ0v) is 10.8. The van der Waals surface area contributed by atoms with E-state index >= 15 is 0 Å². The average molecular weight is 260 g/mol. The summed E-state index contributed by atoms with van der Waals surface area (Å²) in [4.78, 5) is 10.8. The first-order valence-electron chi connectivity index (χ1n) is 6.06. The maximum Gasteiger partial charge on any atom is 0.115 e. The van der Waals surface area contributed by atoms with E-state index in [0.29, 0.717) is 0 Å². The Bertz CT molecular complexity index is 539. The van der Waals surface area contributed by atoms with Crippen molar-refractivity contribution in [3.05, 3.63) is 58.6 Å². The molecule has 0 N–H and O–H groups in total. The molecule has 2 heterocycles. The van der Waals surface area contributed by atoms with Crippen molar-refractivity contribution >= 4 is 11.6 Å². The molecule has 92 valence electrons. The minimum absolute atomic E-state index is 0.787. The summed E-state index contributed by atoms with van der Waals surface area (Å²) in [6, 6.07) is 8.05. The molecule has 0 radical (unpaired) electrons. The summed E-state index contributed by atoms with van der Waals surface area (Å²) in [5.74, 6) is 0. The molecule has 1 aliphatic rings. The maximum absolute atomic E-state index is 5.89. The van der Waals surface area contributed by atoms with Gasteiger partial charge in [0.2, 0.25) is 0 Å². The minimum atomic E-state index is 0.787. The zero-order chi connectivity index (χ0) is 12.4. The summed E-state index contributed by atoms with van der Waals surface area (Å²) < 4.78 is 0. The van der Waals surface area contributed by atoms with Crippen LogP contribution in [-0.4, -0.2) is 21.4 Å². The van der Waals surface area contributed by atoms with Gasteiger partial charge in [-0.15, -0.1) is 0 Å². The Labute approximate surface area is 111 Å².